The molecule has 9 atom stereocenters. The number of hydrogen-bond donors (Lipinski definition) is 0. The highest BCUT2D eigenvalue weighted by molar-refractivity contribution is 5.66. The molecular weight excluding hydrogens is 392 g/mol. The van der Waals surface area contributed by atoms with E-state index in [9.17, 15) is 4.79 Å². The molecule has 0 N–H and O–H groups in total. The van der Waals surface area contributed by atoms with Gasteiger partial charge in [-0.15, -0.1) is 0 Å². The molecule has 4 fully saturated rings. The van der Waals surface area contributed by atoms with Crippen LogP contribution >= 0.6 is 0 Å². The largest absolute Gasteiger partial charge is 0.462 e. The number of carbonyl (C=O) groups excluding carboxylic acids is 1. The summed E-state index contributed by atoms with van der Waals surface area (Å²) in [7, 11) is 0. The number of hydrogen-bond acceptors (Lipinski definition) is 2. The van der Waals surface area contributed by atoms with E-state index in [1.807, 2.05) is 0 Å². The summed E-state index contributed by atoms with van der Waals surface area (Å²) in [6.07, 6.45) is 17.5. The van der Waals surface area contributed by atoms with Crippen LogP contribution in [-0.2, 0) is 9.53 Å². The Morgan fingerprint density at radius 2 is 1.88 bits per heavy atom. The highest BCUT2D eigenvalue weighted by Crippen LogP contribution is 2.82. The molecule has 0 aromatic rings. The molecule has 0 saturated heterocycles. The monoisotopic (exact) mass is 440 g/mol. The molecule has 2 heteroatoms. The molecule has 0 heterocycles. The van der Waals surface area contributed by atoms with Gasteiger partial charge in [-0.3, -0.25) is 4.79 Å². The lowest BCUT2D eigenvalue weighted by atomic mass is 9.46. The maximum absolute atomic E-state index is 11.5. The van der Waals surface area contributed by atoms with Crippen LogP contribution in [0.5, 0.6) is 0 Å². The molecule has 0 aliphatic heterocycles. The van der Waals surface area contributed by atoms with Crippen LogP contribution in [0, 0.1) is 51.8 Å². The van der Waals surface area contributed by atoms with Crippen molar-refractivity contribution in [3.05, 3.63) is 11.6 Å². The van der Waals surface area contributed by atoms with Crippen LogP contribution in [0.3, 0.4) is 0 Å². The predicted molar refractivity (Wildman–Crippen MR) is 131 cm³/mol. The van der Waals surface area contributed by atoms with Crippen molar-refractivity contribution < 1.29 is 9.53 Å². The van der Waals surface area contributed by atoms with E-state index >= 15 is 0 Å². The number of ether oxygens (including phenoxy) is 1. The van der Waals surface area contributed by atoms with Crippen molar-refractivity contribution in [2.24, 2.45) is 51.8 Å². The molecule has 0 bridgehead atoms. The molecule has 5 aliphatic carbocycles. The second-order valence-corrected chi connectivity index (χ2v) is 13.5. The Morgan fingerprint density at radius 3 is 2.59 bits per heavy atom. The zero-order chi connectivity index (χ0) is 22.9. The number of fused-ring (bicyclic) bond motifs is 6. The van der Waals surface area contributed by atoms with Crippen LogP contribution in [0.4, 0.5) is 0 Å². The van der Waals surface area contributed by atoms with Gasteiger partial charge in [-0.25, -0.2) is 0 Å². The van der Waals surface area contributed by atoms with Gasteiger partial charge in [0.1, 0.15) is 6.10 Å². The fraction of sp³-hybridized carbons (Fsp3) is 0.900. The highest BCUT2D eigenvalue weighted by atomic mass is 16.5. The Labute approximate surface area is 197 Å². The molecule has 0 aromatic carbocycles. The zero-order valence-electron chi connectivity index (χ0n) is 21.7. The average Bonchev–Trinajstić information content (AvgIpc) is 3.15. The molecule has 180 valence electrons. The second kappa shape index (κ2) is 7.88. The van der Waals surface area contributed by atoms with Crippen molar-refractivity contribution in [2.45, 2.75) is 118 Å². The molecule has 0 radical (unpaired) electrons. The van der Waals surface area contributed by atoms with Gasteiger partial charge in [0, 0.05) is 13.3 Å². The molecule has 32 heavy (non-hydrogen) atoms. The van der Waals surface area contributed by atoms with Crippen LogP contribution in [0.2, 0.25) is 0 Å². The fourth-order valence-corrected chi connectivity index (χ4v) is 10.4. The number of esters is 1. The minimum atomic E-state index is -0.112. The normalized spacial score (nSPS) is 49.3. The highest BCUT2D eigenvalue weighted by Gasteiger charge is 2.75. The van der Waals surface area contributed by atoms with Crippen LogP contribution in [-0.4, -0.2) is 12.1 Å². The number of carbonyl (C=O) groups is 1. The van der Waals surface area contributed by atoms with E-state index in [0.717, 1.165) is 48.3 Å². The first kappa shape index (κ1) is 23.0. The summed E-state index contributed by atoms with van der Waals surface area (Å²) in [5.41, 5.74) is 3.21. The number of allylic oxidation sites excluding steroid dienone is 1. The summed E-state index contributed by atoms with van der Waals surface area (Å²) in [6.45, 7) is 14.2. The zero-order valence-corrected chi connectivity index (χ0v) is 21.7. The van der Waals surface area contributed by atoms with Gasteiger partial charge in [-0.1, -0.05) is 59.1 Å². The van der Waals surface area contributed by atoms with Crippen molar-refractivity contribution in [1.82, 2.24) is 0 Å². The van der Waals surface area contributed by atoms with Crippen molar-refractivity contribution in [1.29, 1.82) is 0 Å². The summed E-state index contributed by atoms with van der Waals surface area (Å²) in [6, 6.07) is 0. The van der Waals surface area contributed by atoms with E-state index in [0.29, 0.717) is 16.2 Å². The SMILES string of the molecule is CC(=O)O[C@H]1CC[C@@]2(C)C(=CC[C@@H]3[C@@H]2CC[C@@]2(C)[C@H]3CC[C@@]23C(CCCC(C)C)[C@H]3C)C1. The molecule has 4 saturated carbocycles. The summed E-state index contributed by atoms with van der Waals surface area (Å²) >= 11 is 0. The average molecular weight is 441 g/mol. The van der Waals surface area contributed by atoms with Gasteiger partial charge in [-0.05, 0) is 103 Å². The van der Waals surface area contributed by atoms with E-state index < -0.39 is 0 Å². The van der Waals surface area contributed by atoms with Gasteiger partial charge >= 0.3 is 5.97 Å². The van der Waals surface area contributed by atoms with E-state index in [1.54, 1.807) is 12.5 Å². The summed E-state index contributed by atoms with van der Waals surface area (Å²) in [5, 5.41) is 0. The smallest absolute Gasteiger partial charge is 0.302 e. The Balaban J connectivity index is 1.33. The van der Waals surface area contributed by atoms with Crippen LogP contribution < -0.4 is 0 Å². The molecule has 1 spiro atoms. The molecule has 5 rings (SSSR count). The van der Waals surface area contributed by atoms with E-state index in [1.165, 1.54) is 57.8 Å². The van der Waals surface area contributed by atoms with Crippen molar-refractivity contribution in [2.75, 3.05) is 0 Å². The maximum atomic E-state index is 11.5. The Hall–Kier alpha value is -0.790. The van der Waals surface area contributed by atoms with Gasteiger partial charge < -0.3 is 4.74 Å². The first-order chi connectivity index (χ1) is 15.1. The van der Waals surface area contributed by atoms with Crippen LogP contribution in [0.1, 0.15) is 112 Å². The lowest BCUT2D eigenvalue weighted by Gasteiger charge is -2.58. The first-order valence-corrected chi connectivity index (χ1v) is 14.0. The lowest BCUT2D eigenvalue weighted by Crippen LogP contribution is -2.51. The summed E-state index contributed by atoms with van der Waals surface area (Å²) < 4.78 is 5.63. The fourth-order valence-electron chi connectivity index (χ4n) is 10.4. The van der Waals surface area contributed by atoms with Gasteiger partial charge in [0.05, 0.1) is 0 Å². The van der Waals surface area contributed by atoms with Crippen LogP contribution in [0.25, 0.3) is 0 Å². The Morgan fingerprint density at radius 1 is 1.12 bits per heavy atom. The second-order valence-electron chi connectivity index (χ2n) is 13.5. The molecular formula is C30H48O2. The molecule has 0 aromatic heterocycles. The number of rotatable bonds is 5. The standard InChI is InChI=1S/C30H48O2/c1-19(2)8-7-9-25-20(3)30(25)17-14-27-24-11-10-22-18-23(32-21(4)31)12-15-28(22,5)26(24)13-16-29(27,30)6/h10,19-20,23-27H,7-9,11-18H2,1-6H3/t20-,23+,24-,25?,26+,27+,28+,29+,30-/m1/s1. The predicted octanol–water partition coefficient (Wildman–Crippen LogP) is 7.96. The minimum Gasteiger partial charge on any atom is -0.462 e. The van der Waals surface area contributed by atoms with Gasteiger partial charge in [0.2, 0.25) is 0 Å². The van der Waals surface area contributed by atoms with Crippen molar-refractivity contribution in [3.63, 3.8) is 0 Å². The third-order valence-electron chi connectivity index (χ3n) is 12.0. The van der Waals surface area contributed by atoms with Gasteiger partial charge in [-0.2, -0.15) is 0 Å². The molecule has 5 aliphatic rings. The summed E-state index contributed by atoms with van der Waals surface area (Å²) in [4.78, 5) is 11.5. The Bertz CT molecular complexity index is 782. The van der Waals surface area contributed by atoms with Gasteiger partial charge in [0.25, 0.3) is 0 Å². The lowest BCUT2D eigenvalue weighted by molar-refractivity contribution is -0.148. The van der Waals surface area contributed by atoms with E-state index in [-0.39, 0.29) is 12.1 Å². The topological polar surface area (TPSA) is 26.3 Å². The molecule has 0 amide bonds. The molecule has 2 nitrogen and oxygen atoms in total. The van der Waals surface area contributed by atoms with E-state index in [2.05, 4.69) is 40.7 Å². The van der Waals surface area contributed by atoms with Crippen molar-refractivity contribution in [3.8, 4) is 0 Å². The van der Waals surface area contributed by atoms with Crippen LogP contribution in [0.15, 0.2) is 11.6 Å². The van der Waals surface area contributed by atoms with Gasteiger partial charge in [0.15, 0.2) is 0 Å². The first-order valence-electron chi connectivity index (χ1n) is 14.0. The van der Waals surface area contributed by atoms with Crippen molar-refractivity contribution >= 4 is 5.97 Å². The quantitative estimate of drug-likeness (QED) is 0.320. The Kier molecular flexibility index (Phi) is 5.65. The van der Waals surface area contributed by atoms with E-state index in [4.69, 9.17) is 4.74 Å². The maximum Gasteiger partial charge on any atom is 0.302 e. The third kappa shape index (κ3) is 3.20. The molecule has 1 unspecified atom stereocenters. The third-order valence-corrected chi connectivity index (χ3v) is 12.0. The summed E-state index contributed by atoms with van der Waals surface area (Å²) in [5.74, 6) is 5.35. The minimum absolute atomic E-state index is 0.112.